The van der Waals surface area contributed by atoms with E-state index in [1.54, 1.807) is 18.3 Å². The fraction of sp³-hybridized carbons (Fsp3) is 0.167. The number of thiophene rings is 1. The summed E-state index contributed by atoms with van der Waals surface area (Å²) in [5.41, 5.74) is 3.94. The van der Waals surface area contributed by atoms with Crippen molar-refractivity contribution < 1.29 is 12.8 Å². The second-order valence-electron chi connectivity index (χ2n) is 6.87. The van der Waals surface area contributed by atoms with Crippen LogP contribution in [-0.2, 0) is 7.05 Å². The molecule has 27 heavy (non-hydrogen) atoms. The van der Waals surface area contributed by atoms with Crippen LogP contribution in [-0.4, -0.2) is 4.98 Å². The summed E-state index contributed by atoms with van der Waals surface area (Å²) >= 11 is 1.39. The third kappa shape index (κ3) is 2.46. The molecule has 0 N–H and O–H groups in total. The van der Waals surface area contributed by atoms with Crippen LogP contribution < -0.4 is 4.57 Å². The van der Waals surface area contributed by atoms with Crippen LogP contribution >= 0.6 is 11.3 Å². The molecule has 0 aliphatic carbocycles. The molecule has 5 aromatic rings. The average Bonchev–Trinajstić information content (AvgIpc) is 3.08. The summed E-state index contributed by atoms with van der Waals surface area (Å²) in [4.78, 5) is 5.60. The summed E-state index contributed by atoms with van der Waals surface area (Å²) in [5.74, 6) is 0. The minimum absolute atomic E-state index is 0.282. The van der Waals surface area contributed by atoms with Gasteiger partial charge in [-0.1, -0.05) is 35.9 Å². The monoisotopic (exact) mass is 375 g/mol. The Hall–Kier alpha value is -2.78. The molecule has 0 spiro atoms. The van der Waals surface area contributed by atoms with Crippen molar-refractivity contribution in [2.24, 2.45) is 7.05 Å². The van der Waals surface area contributed by atoms with E-state index in [-0.39, 0.29) is 11.1 Å². The zero-order chi connectivity index (χ0) is 23.7. The molecule has 0 fully saturated rings. The predicted octanol–water partition coefficient (Wildman–Crippen LogP) is 6.02. The van der Waals surface area contributed by atoms with E-state index in [0.717, 1.165) is 43.3 Å². The Kier molecular flexibility index (Phi) is 2.42. The molecule has 3 aromatic heterocycles. The molecule has 0 atom stereocenters. The number of para-hydroxylation sites is 1. The minimum Gasteiger partial charge on any atom is -0.237 e. The lowest BCUT2D eigenvalue weighted by Crippen LogP contribution is -2.31. The van der Waals surface area contributed by atoms with E-state index in [1.165, 1.54) is 11.3 Å². The maximum absolute atomic E-state index is 8.13. The van der Waals surface area contributed by atoms with E-state index in [1.807, 2.05) is 48.9 Å². The lowest BCUT2D eigenvalue weighted by Gasteiger charge is -2.08. The normalized spacial score (nSPS) is 15.9. The smallest absolute Gasteiger partial charge is 0.222 e. The zero-order valence-corrected chi connectivity index (χ0v) is 15.8. The van der Waals surface area contributed by atoms with Crippen molar-refractivity contribution in [1.82, 2.24) is 4.98 Å². The number of aromatic nitrogens is 2. The zero-order valence-electron chi connectivity index (χ0n) is 21.0. The fourth-order valence-electron chi connectivity index (χ4n) is 3.80. The molecule has 132 valence electrons. The highest BCUT2D eigenvalue weighted by Gasteiger charge is 2.23. The Labute approximate surface area is 171 Å². The Morgan fingerprint density at radius 2 is 1.93 bits per heavy atom. The van der Waals surface area contributed by atoms with Gasteiger partial charge in [-0.05, 0) is 44.4 Å². The van der Waals surface area contributed by atoms with E-state index in [2.05, 4.69) is 6.07 Å². The number of hydrogen-bond acceptors (Lipinski definition) is 2. The maximum atomic E-state index is 8.13. The van der Waals surface area contributed by atoms with Gasteiger partial charge in [-0.15, -0.1) is 11.3 Å². The number of nitrogens with zero attached hydrogens (tertiary/aromatic N) is 2. The lowest BCUT2D eigenvalue weighted by molar-refractivity contribution is -0.659. The Morgan fingerprint density at radius 1 is 1.04 bits per heavy atom. The molecular weight excluding hydrogens is 348 g/mol. The Morgan fingerprint density at radius 3 is 2.74 bits per heavy atom. The maximum Gasteiger partial charge on any atom is 0.222 e. The van der Waals surface area contributed by atoms with Crippen molar-refractivity contribution >= 4 is 42.5 Å². The van der Waals surface area contributed by atoms with Crippen molar-refractivity contribution in [3.05, 3.63) is 71.4 Å². The molecule has 0 saturated carbocycles. The molecular formula is C24H21N2S+. The van der Waals surface area contributed by atoms with Crippen LogP contribution in [0.2, 0.25) is 0 Å². The molecule has 0 amide bonds. The van der Waals surface area contributed by atoms with Crippen LogP contribution in [0.15, 0.2) is 54.7 Å². The van der Waals surface area contributed by atoms with Gasteiger partial charge in [0, 0.05) is 30.1 Å². The molecule has 2 nitrogen and oxygen atoms in total. The molecule has 2 aromatic carbocycles. The SMILES string of the molecule is [2H]C([2H])([2H])c1ccc(-c2c3c(sc4nc5ccccc5cc43)c(C([2H])([2H])[2H])c[n+]2C)c(C)c1. The summed E-state index contributed by atoms with van der Waals surface area (Å²) in [6, 6.07) is 15.0. The molecule has 0 radical (unpaired) electrons. The number of benzene rings is 2. The highest BCUT2D eigenvalue weighted by atomic mass is 32.1. The van der Waals surface area contributed by atoms with Gasteiger partial charge in [-0.2, -0.15) is 0 Å². The second-order valence-corrected chi connectivity index (χ2v) is 7.87. The number of fused-ring (bicyclic) bond motifs is 4. The number of aryl methyl sites for hydroxylation is 4. The van der Waals surface area contributed by atoms with Gasteiger partial charge in [0.2, 0.25) is 5.69 Å². The Bertz CT molecular complexity index is 1560. The van der Waals surface area contributed by atoms with Gasteiger partial charge in [0.1, 0.15) is 11.9 Å². The van der Waals surface area contributed by atoms with Crippen molar-refractivity contribution in [3.63, 3.8) is 0 Å². The van der Waals surface area contributed by atoms with E-state index < -0.39 is 13.7 Å². The largest absolute Gasteiger partial charge is 0.237 e. The minimum atomic E-state index is -2.28. The lowest BCUT2D eigenvalue weighted by atomic mass is 9.98. The second kappa shape index (κ2) is 5.86. The summed E-state index contributed by atoms with van der Waals surface area (Å²) in [7, 11) is 1.83. The first kappa shape index (κ1) is 11.2. The fourth-order valence-corrected chi connectivity index (χ4v) is 4.88. The van der Waals surface area contributed by atoms with Gasteiger partial charge < -0.3 is 0 Å². The number of hydrogen-bond donors (Lipinski definition) is 0. The molecule has 5 rings (SSSR count). The highest BCUT2D eigenvalue weighted by molar-refractivity contribution is 7.25. The quantitative estimate of drug-likeness (QED) is 0.327. The summed E-state index contributed by atoms with van der Waals surface area (Å²) in [6.07, 6.45) is 1.66. The van der Waals surface area contributed by atoms with Gasteiger partial charge in [0.05, 0.1) is 15.6 Å². The molecule has 0 unspecified atom stereocenters. The molecule has 0 aliphatic heterocycles. The third-order valence-electron chi connectivity index (χ3n) is 5.02. The number of rotatable bonds is 1. The van der Waals surface area contributed by atoms with E-state index in [9.17, 15) is 0 Å². The van der Waals surface area contributed by atoms with Crippen LogP contribution in [0.5, 0.6) is 0 Å². The molecule has 3 heteroatoms. The van der Waals surface area contributed by atoms with E-state index in [4.69, 9.17) is 13.2 Å². The van der Waals surface area contributed by atoms with E-state index in [0.29, 0.717) is 4.70 Å². The summed E-state index contributed by atoms with van der Waals surface area (Å²) < 4.78 is 50.1. The predicted molar refractivity (Wildman–Crippen MR) is 115 cm³/mol. The van der Waals surface area contributed by atoms with Gasteiger partial charge in [0.15, 0.2) is 6.20 Å². The van der Waals surface area contributed by atoms with Gasteiger partial charge >= 0.3 is 0 Å². The van der Waals surface area contributed by atoms with Gasteiger partial charge in [-0.3, -0.25) is 0 Å². The van der Waals surface area contributed by atoms with Crippen LogP contribution in [0.3, 0.4) is 0 Å². The van der Waals surface area contributed by atoms with Crippen molar-refractivity contribution in [2.45, 2.75) is 20.6 Å². The van der Waals surface area contributed by atoms with Crippen LogP contribution in [0.25, 0.3) is 42.5 Å². The van der Waals surface area contributed by atoms with Gasteiger partial charge in [0.25, 0.3) is 0 Å². The standard InChI is InChI=1S/C24H21N2S/c1-14-9-10-18(15(2)11-14)22-21-19-12-17-7-5-6-8-20(17)25-24(19)27-23(21)16(3)13-26(22)4/h5-13H,1-4H3/q+1/i1D3,3D3. The average molecular weight is 376 g/mol. The van der Waals surface area contributed by atoms with Crippen molar-refractivity contribution in [3.8, 4) is 11.3 Å². The Balaban J connectivity index is 1.93. The first-order valence-electron chi connectivity index (χ1n) is 11.7. The molecule has 0 saturated heterocycles. The first-order chi connectivity index (χ1) is 15.4. The van der Waals surface area contributed by atoms with Crippen molar-refractivity contribution in [2.75, 3.05) is 0 Å². The summed E-state index contributed by atoms with van der Waals surface area (Å²) in [6.45, 7) is -2.59. The molecule has 0 bridgehead atoms. The van der Waals surface area contributed by atoms with Crippen molar-refractivity contribution in [1.29, 1.82) is 0 Å². The van der Waals surface area contributed by atoms with Crippen LogP contribution in [0.4, 0.5) is 0 Å². The molecule has 3 heterocycles. The molecule has 0 aliphatic rings. The first-order valence-corrected chi connectivity index (χ1v) is 9.53. The summed E-state index contributed by atoms with van der Waals surface area (Å²) in [5, 5.41) is 2.70. The van der Waals surface area contributed by atoms with Crippen LogP contribution in [0.1, 0.15) is 24.9 Å². The highest BCUT2D eigenvalue weighted by Crippen LogP contribution is 2.40. The topological polar surface area (TPSA) is 16.8 Å². The number of pyridine rings is 2. The third-order valence-corrected chi connectivity index (χ3v) is 6.16. The van der Waals surface area contributed by atoms with Gasteiger partial charge in [-0.25, -0.2) is 9.55 Å². The van der Waals surface area contributed by atoms with Crippen LogP contribution in [0, 0.1) is 20.6 Å². The van der Waals surface area contributed by atoms with E-state index >= 15 is 0 Å².